The molecule has 1 fully saturated rings. The number of nitrogens with one attached hydrogen (secondary N) is 1. The van der Waals surface area contributed by atoms with E-state index in [1.165, 1.54) is 20.3 Å². The predicted molar refractivity (Wildman–Crippen MR) is 143 cm³/mol. The van der Waals surface area contributed by atoms with Gasteiger partial charge in [0.15, 0.2) is 11.5 Å². The smallest absolute Gasteiger partial charge is 0.335 e. The van der Waals surface area contributed by atoms with Crippen LogP contribution in [-0.2, 0) is 14.3 Å². The molecule has 1 heterocycles. The van der Waals surface area contributed by atoms with Crippen molar-refractivity contribution >= 4 is 29.6 Å². The van der Waals surface area contributed by atoms with Gasteiger partial charge >= 0.3 is 6.03 Å². The van der Waals surface area contributed by atoms with Crippen LogP contribution in [0, 0.1) is 0 Å². The normalized spacial score (nSPS) is 14.3. The molecule has 4 rings (SSSR count). The molecule has 39 heavy (non-hydrogen) atoms. The molecule has 0 aliphatic carbocycles. The molecule has 0 saturated carbocycles. The monoisotopic (exact) mass is 532 g/mol. The van der Waals surface area contributed by atoms with E-state index < -0.39 is 17.8 Å². The lowest BCUT2D eigenvalue weighted by atomic mass is 10.1. The second kappa shape index (κ2) is 13.1. The molecule has 0 atom stereocenters. The second-order valence-corrected chi connectivity index (χ2v) is 8.19. The van der Waals surface area contributed by atoms with Gasteiger partial charge in [0.1, 0.15) is 30.3 Å². The number of hydrogen-bond donors (Lipinski definition) is 1. The summed E-state index contributed by atoms with van der Waals surface area (Å²) in [5.41, 5.74) is 0.607. The van der Waals surface area contributed by atoms with Gasteiger partial charge in [-0.05, 0) is 60.2 Å². The van der Waals surface area contributed by atoms with Crippen molar-refractivity contribution in [1.82, 2.24) is 5.32 Å². The Bertz CT molecular complexity index is 1340. The summed E-state index contributed by atoms with van der Waals surface area (Å²) in [6.45, 7) is 1.46. The minimum atomic E-state index is -0.831. The summed E-state index contributed by atoms with van der Waals surface area (Å²) in [6.07, 6.45) is 1.39. The quantitative estimate of drug-likeness (QED) is 0.213. The van der Waals surface area contributed by atoms with Gasteiger partial charge in [-0.15, -0.1) is 0 Å². The summed E-state index contributed by atoms with van der Waals surface area (Å²) in [6, 6.07) is 20.0. The first kappa shape index (κ1) is 27.2. The third-order valence-electron chi connectivity index (χ3n) is 5.66. The topological polar surface area (TPSA) is 113 Å². The first-order valence-corrected chi connectivity index (χ1v) is 12.1. The molecule has 202 valence electrons. The van der Waals surface area contributed by atoms with Gasteiger partial charge in [0.05, 0.1) is 33.1 Å². The molecule has 3 aromatic rings. The Labute approximate surface area is 225 Å². The number of rotatable bonds is 12. The summed E-state index contributed by atoms with van der Waals surface area (Å²) >= 11 is 0. The molecule has 0 spiro atoms. The fourth-order valence-corrected chi connectivity index (χ4v) is 3.73. The van der Waals surface area contributed by atoms with E-state index in [1.807, 2.05) is 30.3 Å². The van der Waals surface area contributed by atoms with Crippen LogP contribution in [0.1, 0.15) is 5.56 Å². The fourth-order valence-electron chi connectivity index (χ4n) is 3.73. The zero-order chi connectivity index (χ0) is 27.6. The SMILES string of the molecule is COc1ccc(N2C(=O)NC(=O)/C(=C/c3ccc(OCCOCCOc4ccccc4)c(OC)c3)C2=O)cc1. The van der Waals surface area contributed by atoms with Crippen LogP contribution < -0.4 is 29.2 Å². The van der Waals surface area contributed by atoms with Crippen LogP contribution in [0.25, 0.3) is 6.08 Å². The van der Waals surface area contributed by atoms with Crippen molar-refractivity contribution < 1.29 is 38.1 Å². The summed E-state index contributed by atoms with van der Waals surface area (Å²) in [5.74, 6) is 0.684. The molecule has 10 heteroatoms. The lowest BCUT2D eigenvalue weighted by molar-refractivity contribution is -0.122. The Hall–Kier alpha value is -4.83. The number of methoxy groups -OCH3 is 2. The number of para-hydroxylation sites is 1. The van der Waals surface area contributed by atoms with Crippen LogP contribution in [0.5, 0.6) is 23.0 Å². The number of amides is 4. The molecule has 4 amide bonds. The van der Waals surface area contributed by atoms with Gasteiger partial charge in [-0.2, -0.15) is 0 Å². The number of imide groups is 2. The summed E-state index contributed by atoms with van der Waals surface area (Å²) in [4.78, 5) is 38.9. The number of carbonyl (C=O) groups is 3. The number of benzene rings is 3. The first-order chi connectivity index (χ1) is 19.0. The molecule has 0 unspecified atom stereocenters. The highest BCUT2D eigenvalue weighted by Gasteiger charge is 2.36. The van der Waals surface area contributed by atoms with E-state index in [-0.39, 0.29) is 12.2 Å². The molecular weight excluding hydrogens is 504 g/mol. The van der Waals surface area contributed by atoms with Crippen LogP contribution in [0.4, 0.5) is 10.5 Å². The van der Waals surface area contributed by atoms with Gasteiger partial charge in [-0.3, -0.25) is 14.9 Å². The Balaban J connectivity index is 1.36. The maximum absolute atomic E-state index is 13.1. The van der Waals surface area contributed by atoms with E-state index in [2.05, 4.69) is 5.32 Å². The minimum Gasteiger partial charge on any atom is -0.497 e. The number of urea groups is 1. The maximum atomic E-state index is 13.1. The Morgan fingerprint density at radius 1 is 0.744 bits per heavy atom. The van der Waals surface area contributed by atoms with E-state index in [9.17, 15) is 14.4 Å². The number of ether oxygens (including phenoxy) is 5. The minimum absolute atomic E-state index is 0.202. The van der Waals surface area contributed by atoms with Crippen LogP contribution >= 0.6 is 0 Å². The van der Waals surface area contributed by atoms with E-state index in [1.54, 1.807) is 42.5 Å². The molecule has 1 N–H and O–H groups in total. The molecule has 10 nitrogen and oxygen atoms in total. The number of hydrogen-bond acceptors (Lipinski definition) is 8. The molecule has 3 aromatic carbocycles. The van der Waals surface area contributed by atoms with Crippen LogP contribution in [0.3, 0.4) is 0 Å². The van der Waals surface area contributed by atoms with Gasteiger partial charge in [0.2, 0.25) is 0 Å². The van der Waals surface area contributed by atoms with Gasteiger partial charge in [0, 0.05) is 0 Å². The molecule has 0 aromatic heterocycles. The molecule has 1 saturated heterocycles. The van der Waals surface area contributed by atoms with Crippen LogP contribution in [0.2, 0.25) is 0 Å². The third-order valence-corrected chi connectivity index (χ3v) is 5.66. The summed E-state index contributed by atoms with van der Waals surface area (Å²) in [5, 5.41) is 2.20. The van der Waals surface area contributed by atoms with Crippen LogP contribution in [0.15, 0.2) is 78.4 Å². The van der Waals surface area contributed by atoms with Crippen molar-refractivity contribution in [3.63, 3.8) is 0 Å². The molecular formula is C29H28N2O8. The highest BCUT2D eigenvalue weighted by Crippen LogP contribution is 2.30. The summed E-state index contributed by atoms with van der Waals surface area (Å²) in [7, 11) is 2.99. The zero-order valence-corrected chi connectivity index (χ0v) is 21.5. The van der Waals surface area contributed by atoms with Gasteiger partial charge < -0.3 is 23.7 Å². The lowest BCUT2D eigenvalue weighted by Crippen LogP contribution is -2.54. The number of barbiturate groups is 1. The highest BCUT2D eigenvalue weighted by atomic mass is 16.6. The van der Waals surface area contributed by atoms with Crippen molar-refractivity contribution in [2.45, 2.75) is 0 Å². The van der Waals surface area contributed by atoms with E-state index >= 15 is 0 Å². The van der Waals surface area contributed by atoms with Crippen molar-refractivity contribution in [3.8, 4) is 23.0 Å². The standard InChI is InChI=1S/C29H28N2O8/c1-35-22-11-9-21(10-12-22)31-28(33)24(27(32)30-29(31)34)18-20-8-13-25(26(19-20)36-2)39-17-15-37-14-16-38-23-6-4-3-5-7-23/h3-13,18-19H,14-17H2,1-2H3,(H,30,32,34)/b24-18-. The average molecular weight is 533 g/mol. The summed E-state index contributed by atoms with van der Waals surface area (Å²) < 4.78 is 27.4. The fraction of sp³-hybridized carbons (Fsp3) is 0.207. The van der Waals surface area contributed by atoms with Gasteiger partial charge in [0.25, 0.3) is 11.8 Å². The number of carbonyl (C=O) groups excluding carboxylic acids is 3. The zero-order valence-electron chi connectivity index (χ0n) is 21.5. The number of anilines is 1. The Kier molecular flexibility index (Phi) is 9.15. The second-order valence-electron chi connectivity index (χ2n) is 8.19. The lowest BCUT2D eigenvalue weighted by Gasteiger charge is -2.26. The van der Waals surface area contributed by atoms with Crippen molar-refractivity contribution in [1.29, 1.82) is 0 Å². The molecule has 0 bridgehead atoms. The van der Waals surface area contributed by atoms with Crippen molar-refractivity contribution in [2.75, 3.05) is 45.5 Å². The molecule has 1 aliphatic heterocycles. The van der Waals surface area contributed by atoms with Crippen molar-refractivity contribution in [2.24, 2.45) is 0 Å². The largest absolute Gasteiger partial charge is 0.497 e. The Morgan fingerprint density at radius 3 is 2.15 bits per heavy atom. The third kappa shape index (κ3) is 6.93. The molecule has 0 radical (unpaired) electrons. The van der Waals surface area contributed by atoms with Crippen molar-refractivity contribution in [3.05, 3.63) is 83.9 Å². The van der Waals surface area contributed by atoms with Gasteiger partial charge in [-0.25, -0.2) is 9.69 Å². The van der Waals surface area contributed by atoms with Gasteiger partial charge in [-0.1, -0.05) is 24.3 Å². The Morgan fingerprint density at radius 2 is 1.46 bits per heavy atom. The average Bonchev–Trinajstić information content (AvgIpc) is 2.96. The predicted octanol–water partition coefficient (Wildman–Crippen LogP) is 3.84. The van der Waals surface area contributed by atoms with E-state index in [0.29, 0.717) is 48.3 Å². The van der Waals surface area contributed by atoms with E-state index in [0.717, 1.165) is 10.6 Å². The molecule has 1 aliphatic rings. The first-order valence-electron chi connectivity index (χ1n) is 12.1. The highest BCUT2D eigenvalue weighted by molar-refractivity contribution is 6.39. The van der Waals surface area contributed by atoms with Crippen LogP contribution in [-0.4, -0.2) is 58.5 Å². The number of nitrogens with zero attached hydrogens (tertiary/aromatic N) is 1. The van der Waals surface area contributed by atoms with E-state index in [4.69, 9.17) is 23.7 Å². The maximum Gasteiger partial charge on any atom is 0.335 e.